The average Bonchev–Trinajstić information content (AvgIpc) is 3.04. The van der Waals surface area contributed by atoms with Crippen LogP contribution >= 0.6 is 0 Å². The third-order valence-corrected chi connectivity index (χ3v) is 13.7. The molecule has 1 aromatic carbocycles. The molecule has 0 saturated heterocycles. The Kier molecular flexibility index (Phi) is 11.2. The van der Waals surface area contributed by atoms with Crippen LogP contribution in [0.15, 0.2) is 77.2 Å². The molecule has 1 saturated carbocycles. The number of allylic oxidation sites excluding steroid dienone is 2. The largest absolute Gasteiger partial charge is 0.476 e. The molecule has 3 heterocycles. The molecule has 1 aromatic heterocycles. The third-order valence-electron chi connectivity index (χ3n) is 11.6. The maximum Gasteiger partial charge on any atom is 0.213 e. The summed E-state index contributed by atoms with van der Waals surface area (Å²) in [4.78, 5) is 5.27. The van der Waals surface area contributed by atoms with Crippen LogP contribution in [0.4, 0.5) is 0 Å². The SMILES string of the molecule is C=C(OC(C)NC)C1=C(C)CCC2c3ccccc3-c3cc(CC4CC(CC)CCC4C)c([Si](C)(C)C)c[n+]3C2C(=C)CN=C1CC. The van der Waals surface area contributed by atoms with Gasteiger partial charge in [-0.3, -0.25) is 10.3 Å². The summed E-state index contributed by atoms with van der Waals surface area (Å²) in [6, 6.07) is 12.0. The van der Waals surface area contributed by atoms with Crippen LogP contribution in [0, 0.1) is 17.8 Å². The van der Waals surface area contributed by atoms with Gasteiger partial charge in [-0.1, -0.05) is 96.6 Å². The first kappa shape index (κ1) is 35.5. The Morgan fingerprint density at radius 2 is 1.89 bits per heavy atom. The Hall–Kier alpha value is -2.76. The van der Waals surface area contributed by atoms with Crippen molar-refractivity contribution in [2.24, 2.45) is 22.7 Å². The summed E-state index contributed by atoms with van der Waals surface area (Å²) >= 11 is 0. The van der Waals surface area contributed by atoms with Crippen LogP contribution in [0.1, 0.15) is 103 Å². The molecule has 5 rings (SSSR count). The van der Waals surface area contributed by atoms with Crippen molar-refractivity contribution in [2.75, 3.05) is 13.6 Å². The van der Waals surface area contributed by atoms with Gasteiger partial charge in [0.1, 0.15) is 12.0 Å². The van der Waals surface area contributed by atoms with E-state index in [1.807, 2.05) is 14.0 Å². The van der Waals surface area contributed by atoms with Crippen molar-refractivity contribution in [3.05, 3.63) is 83.3 Å². The fourth-order valence-corrected chi connectivity index (χ4v) is 10.4. The third kappa shape index (κ3) is 7.47. The van der Waals surface area contributed by atoms with Crippen molar-refractivity contribution in [2.45, 2.75) is 124 Å². The number of ether oxygens (including phenoxy) is 1. The molecule has 4 nitrogen and oxygen atoms in total. The number of nitrogens with zero attached hydrogens (tertiary/aromatic N) is 2. The highest BCUT2D eigenvalue weighted by Gasteiger charge is 2.43. The van der Waals surface area contributed by atoms with Gasteiger partial charge >= 0.3 is 0 Å². The van der Waals surface area contributed by atoms with Crippen LogP contribution in [0.3, 0.4) is 0 Å². The zero-order valence-electron chi connectivity index (χ0n) is 31.0. The van der Waals surface area contributed by atoms with Gasteiger partial charge in [0.25, 0.3) is 0 Å². The van der Waals surface area contributed by atoms with Crippen LogP contribution in [0.25, 0.3) is 11.3 Å². The van der Waals surface area contributed by atoms with E-state index in [2.05, 4.69) is 100 Å². The zero-order valence-corrected chi connectivity index (χ0v) is 32.0. The van der Waals surface area contributed by atoms with Gasteiger partial charge in [-0.25, -0.2) is 0 Å². The highest BCUT2D eigenvalue weighted by atomic mass is 28.3. The fourth-order valence-electron chi connectivity index (χ4n) is 8.69. The van der Waals surface area contributed by atoms with Gasteiger partial charge in [-0.2, -0.15) is 4.57 Å². The average molecular weight is 653 g/mol. The molecular formula is C42H62N3OSi+. The molecule has 5 heteroatoms. The summed E-state index contributed by atoms with van der Waals surface area (Å²) in [7, 11) is 0.253. The first-order chi connectivity index (χ1) is 22.4. The number of hydrogen-bond acceptors (Lipinski definition) is 3. The van der Waals surface area contributed by atoms with Gasteiger partial charge in [0.2, 0.25) is 5.69 Å². The highest BCUT2D eigenvalue weighted by molar-refractivity contribution is 6.89. The van der Waals surface area contributed by atoms with Crippen molar-refractivity contribution in [1.29, 1.82) is 0 Å². The minimum atomic E-state index is -1.66. The Balaban J connectivity index is 1.62. The summed E-state index contributed by atoms with van der Waals surface area (Å²) in [5.41, 5.74) is 10.5. The maximum atomic E-state index is 6.21. The van der Waals surface area contributed by atoms with Crippen LogP contribution in [0.2, 0.25) is 19.6 Å². The molecule has 0 amide bonds. The van der Waals surface area contributed by atoms with Crippen molar-refractivity contribution in [1.82, 2.24) is 5.32 Å². The van der Waals surface area contributed by atoms with Crippen LogP contribution < -0.4 is 15.1 Å². The summed E-state index contributed by atoms with van der Waals surface area (Å²) < 4.78 is 8.85. The second-order valence-electron chi connectivity index (χ2n) is 15.9. The molecule has 2 aromatic rings. The molecule has 0 radical (unpaired) electrons. The molecule has 47 heavy (non-hydrogen) atoms. The van der Waals surface area contributed by atoms with Crippen LogP contribution in [-0.4, -0.2) is 33.6 Å². The quantitative estimate of drug-likeness (QED) is 0.0964. The highest BCUT2D eigenvalue weighted by Crippen LogP contribution is 2.45. The summed E-state index contributed by atoms with van der Waals surface area (Å²) in [5, 5.41) is 4.81. The maximum absolute atomic E-state index is 6.21. The standard InChI is InChI=1S/C42H62N3OSi/c1-12-32-20-18-27(3)33(22-32)23-34-24-39-36-17-15-14-16-35(36)37-21-19-28(4)41(30(6)46-31(7)43-8)38(13-2)44-25-29(5)42(37)45(39)26-40(34)47(9,10)11/h14-17,24,26-27,31-33,37,42-43H,5-6,12-13,18-23,25H2,1-4,7-11H3/q+1. The second-order valence-corrected chi connectivity index (χ2v) is 20.9. The fraction of sp³-hybridized carbons (Fsp3) is 0.571. The molecule has 6 atom stereocenters. The van der Waals surface area contributed by atoms with E-state index < -0.39 is 8.07 Å². The van der Waals surface area contributed by atoms with E-state index in [0.717, 1.165) is 48.3 Å². The first-order valence-electron chi connectivity index (χ1n) is 18.5. The van der Waals surface area contributed by atoms with Gasteiger partial charge in [0.05, 0.1) is 20.5 Å². The molecule has 1 aliphatic carbocycles. The molecule has 1 N–H and O–H groups in total. The van der Waals surface area contributed by atoms with Crippen molar-refractivity contribution in [3.8, 4) is 11.3 Å². The number of nitrogens with one attached hydrogen (secondary N) is 1. The molecule has 0 spiro atoms. The molecule has 3 aliphatic rings. The van der Waals surface area contributed by atoms with E-state index in [0.29, 0.717) is 18.2 Å². The minimum absolute atomic E-state index is 0.117. The molecule has 0 bridgehead atoms. The lowest BCUT2D eigenvalue weighted by molar-refractivity contribution is -0.708. The molecule has 254 valence electrons. The van der Waals surface area contributed by atoms with Gasteiger partial charge in [0, 0.05) is 33.7 Å². The van der Waals surface area contributed by atoms with Crippen LogP contribution in [-0.2, 0) is 11.2 Å². The summed E-state index contributed by atoms with van der Waals surface area (Å²) in [5.74, 6) is 3.47. The number of benzene rings is 1. The number of aromatic nitrogens is 1. The predicted octanol–water partition coefficient (Wildman–Crippen LogP) is 9.44. The van der Waals surface area contributed by atoms with Gasteiger partial charge in [-0.05, 0) is 87.9 Å². The lowest BCUT2D eigenvalue weighted by Gasteiger charge is -2.36. The second kappa shape index (κ2) is 14.8. The van der Waals surface area contributed by atoms with E-state index in [1.54, 1.807) is 10.8 Å². The van der Waals surface area contributed by atoms with Gasteiger partial charge < -0.3 is 4.74 Å². The molecule has 2 aliphatic heterocycles. The number of aliphatic imine (C=N–C) groups is 1. The molecular weight excluding hydrogens is 591 g/mol. The monoisotopic (exact) mass is 652 g/mol. The van der Waals surface area contributed by atoms with Crippen molar-refractivity contribution >= 4 is 19.0 Å². The zero-order chi connectivity index (χ0) is 34.0. The Morgan fingerprint density at radius 3 is 2.57 bits per heavy atom. The van der Waals surface area contributed by atoms with Crippen molar-refractivity contribution in [3.63, 3.8) is 0 Å². The predicted molar refractivity (Wildman–Crippen MR) is 203 cm³/mol. The van der Waals surface area contributed by atoms with E-state index in [1.165, 1.54) is 60.1 Å². The van der Waals surface area contributed by atoms with E-state index >= 15 is 0 Å². The number of hydrogen-bond donors (Lipinski definition) is 1. The lowest BCUT2D eigenvalue weighted by Crippen LogP contribution is -2.54. The molecule has 1 fully saturated rings. The Labute approximate surface area is 287 Å². The van der Waals surface area contributed by atoms with Gasteiger partial charge in [0.15, 0.2) is 12.2 Å². The summed E-state index contributed by atoms with van der Waals surface area (Å²) in [6.07, 6.45) is 12.0. The Morgan fingerprint density at radius 1 is 1.15 bits per heavy atom. The van der Waals surface area contributed by atoms with E-state index in [4.69, 9.17) is 16.3 Å². The number of pyridine rings is 1. The number of fused-ring (bicyclic) bond motifs is 6. The normalized spacial score (nSPS) is 25.7. The Bertz CT molecular complexity index is 1550. The molecule has 6 unspecified atom stereocenters. The number of rotatable bonds is 9. The first-order valence-corrected chi connectivity index (χ1v) is 22.0. The smallest absolute Gasteiger partial charge is 0.213 e. The van der Waals surface area contributed by atoms with E-state index in [-0.39, 0.29) is 12.3 Å². The lowest BCUT2D eigenvalue weighted by atomic mass is 9.71. The topological polar surface area (TPSA) is 37.5 Å². The van der Waals surface area contributed by atoms with Crippen molar-refractivity contribution < 1.29 is 9.30 Å². The van der Waals surface area contributed by atoms with E-state index in [9.17, 15) is 0 Å². The van der Waals surface area contributed by atoms with Gasteiger partial charge in [-0.15, -0.1) is 0 Å². The minimum Gasteiger partial charge on any atom is -0.476 e. The summed E-state index contributed by atoms with van der Waals surface area (Å²) in [6.45, 7) is 28.7. The van der Waals surface area contributed by atoms with Crippen LogP contribution in [0.5, 0.6) is 0 Å².